The second-order valence-corrected chi connectivity index (χ2v) is 17.0. The van der Waals surface area contributed by atoms with Gasteiger partial charge in [0.2, 0.25) is 11.8 Å². The van der Waals surface area contributed by atoms with E-state index < -0.39 is 11.4 Å². The molecule has 7 rings (SSSR count). The van der Waals surface area contributed by atoms with Gasteiger partial charge in [0.15, 0.2) is 0 Å². The van der Waals surface area contributed by atoms with Crippen molar-refractivity contribution in [2.45, 2.75) is 76.0 Å². The number of carbonyl (C=O) groups excluding carboxylic acids is 2. The lowest BCUT2D eigenvalue weighted by Crippen LogP contribution is -2.51. The van der Waals surface area contributed by atoms with Crippen LogP contribution in [-0.2, 0) is 19.8 Å². The first-order valence-corrected chi connectivity index (χ1v) is 22.1. The molecular weight excluding hydrogens is 780 g/mol. The molecule has 322 valence electrons. The molecule has 2 saturated heterocycles. The quantitative estimate of drug-likeness (QED) is 0.0931. The zero-order chi connectivity index (χ0) is 43.8. The Labute approximate surface area is 367 Å². The molecule has 9 heteroatoms. The third-order valence-electron chi connectivity index (χ3n) is 12.9. The topological polar surface area (TPSA) is 139 Å². The van der Waals surface area contributed by atoms with Gasteiger partial charge in [-0.3, -0.25) is 14.4 Å². The summed E-state index contributed by atoms with van der Waals surface area (Å²) in [4.78, 5) is 37.6. The fraction of sp³-hybridized carbons (Fsp3) is 0.365. The van der Waals surface area contributed by atoms with Crippen LogP contribution in [-0.4, -0.2) is 49.1 Å². The number of unbranched alkanes of at least 4 members (excludes halogenated alkanes) is 1. The average Bonchev–Trinajstić information content (AvgIpc) is 3.30. The number of rotatable bonds is 13. The van der Waals surface area contributed by atoms with Crippen LogP contribution in [0.5, 0.6) is 0 Å². The average molecular weight is 844 g/mol. The molecular formula is C52H63ClN4O4. The number of carboxylic acids is 1. The van der Waals surface area contributed by atoms with E-state index >= 15 is 0 Å². The maximum absolute atomic E-state index is 12.5. The molecule has 0 bridgehead atoms. The standard InChI is InChI=1S/C20H23ClN2O.C20H24N2O.C12H16O2/c1-14(20(22)24)18-11-12-23(17-9-7-16(21)8-10-17)13-19(18)15-5-3-2-4-6-15;1-20(19(21)23,16-10-6-3-7-11-16)18-12-13-22-14-17(18)15-8-4-2-5-9-15;1-2-3-9-11(12(13)14)10-7-5-4-6-8-10/h2-10,14,18-19H,11-13H2,1H3,(H2,22,24);2-11,17-18,22H,12-14H2,1H3,(H2,21,23);4-8,11H,2-3,9H2,1H3,(H,13,14). The van der Waals surface area contributed by atoms with Gasteiger partial charge in [0.25, 0.3) is 0 Å². The smallest absolute Gasteiger partial charge is 0.310 e. The maximum atomic E-state index is 12.5. The highest BCUT2D eigenvalue weighted by atomic mass is 35.5. The van der Waals surface area contributed by atoms with Crippen molar-refractivity contribution in [2.75, 3.05) is 31.1 Å². The number of amides is 2. The van der Waals surface area contributed by atoms with Crippen LogP contribution in [0.2, 0.25) is 5.02 Å². The minimum atomic E-state index is -0.718. The fourth-order valence-electron chi connectivity index (χ4n) is 9.17. The Balaban J connectivity index is 0.000000180. The molecule has 0 aromatic heterocycles. The van der Waals surface area contributed by atoms with Crippen molar-refractivity contribution in [2.24, 2.45) is 29.2 Å². The third kappa shape index (κ3) is 12.3. The van der Waals surface area contributed by atoms with Crippen LogP contribution in [0.1, 0.15) is 92.9 Å². The first-order valence-electron chi connectivity index (χ1n) is 21.7. The Bertz CT molecular complexity index is 2090. The van der Waals surface area contributed by atoms with Gasteiger partial charge in [-0.2, -0.15) is 0 Å². The summed E-state index contributed by atoms with van der Waals surface area (Å²) in [7, 11) is 0. The van der Waals surface area contributed by atoms with E-state index in [0.717, 1.165) is 74.4 Å². The second-order valence-electron chi connectivity index (χ2n) is 16.6. The van der Waals surface area contributed by atoms with Crippen molar-refractivity contribution in [3.05, 3.63) is 173 Å². The molecule has 2 aliphatic heterocycles. The zero-order valence-corrected chi connectivity index (χ0v) is 36.6. The van der Waals surface area contributed by atoms with Gasteiger partial charge in [-0.25, -0.2) is 0 Å². The predicted octanol–water partition coefficient (Wildman–Crippen LogP) is 9.94. The molecule has 5 aromatic carbocycles. The van der Waals surface area contributed by atoms with E-state index in [2.05, 4.69) is 77.8 Å². The zero-order valence-electron chi connectivity index (χ0n) is 35.8. The lowest BCUT2D eigenvalue weighted by Gasteiger charge is -2.43. The number of carboxylic acid groups (broad SMARTS) is 1. The first kappa shape index (κ1) is 46.6. The Morgan fingerprint density at radius 1 is 0.787 bits per heavy atom. The van der Waals surface area contributed by atoms with Crippen LogP contribution in [0, 0.1) is 17.8 Å². The van der Waals surface area contributed by atoms with Crippen LogP contribution in [0.4, 0.5) is 5.69 Å². The van der Waals surface area contributed by atoms with Gasteiger partial charge < -0.3 is 26.8 Å². The third-order valence-corrected chi connectivity index (χ3v) is 13.1. The molecule has 0 spiro atoms. The Morgan fingerprint density at radius 3 is 1.85 bits per heavy atom. The molecule has 2 aliphatic rings. The van der Waals surface area contributed by atoms with Gasteiger partial charge in [-0.15, -0.1) is 0 Å². The molecule has 2 heterocycles. The van der Waals surface area contributed by atoms with Gasteiger partial charge >= 0.3 is 5.97 Å². The van der Waals surface area contributed by atoms with E-state index in [1.807, 2.05) is 98.8 Å². The number of piperidine rings is 2. The predicted molar refractivity (Wildman–Crippen MR) is 249 cm³/mol. The molecule has 0 aliphatic carbocycles. The monoisotopic (exact) mass is 842 g/mol. The van der Waals surface area contributed by atoms with Crippen LogP contribution in [0.25, 0.3) is 0 Å². The number of nitrogens with one attached hydrogen (secondary N) is 1. The summed E-state index contributed by atoms with van der Waals surface area (Å²) in [5.74, 6) is -0.596. The number of benzene rings is 5. The van der Waals surface area contributed by atoms with Crippen molar-refractivity contribution >= 4 is 35.1 Å². The molecule has 6 N–H and O–H groups in total. The van der Waals surface area contributed by atoms with Gasteiger partial charge in [0, 0.05) is 48.1 Å². The lowest BCUT2D eigenvalue weighted by atomic mass is 9.62. The fourth-order valence-corrected chi connectivity index (χ4v) is 9.29. The van der Waals surface area contributed by atoms with E-state index in [4.69, 9.17) is 28.2 Å². The van der Waals surface area contributed by atoms with Gasteiger partial charge in [0.05, 0.1) is 11.3 Å². The number of anilines is 1. The van der Waals surface area contributed by atoms with Crippen LogP contribution in [0.3, 0.4) is 0 Å². The number of hydrogen-bond acceptors (Lipinski definition) is 5. The number of nitrogens with zero attached hydrogens (tertiary/aromatic N) is 1. The summed E-state index contributed by atoms with van der Waals surface area (Å²) in [6, 6.07) is 48.3. The van der Waals surface area contributed by atoms with Gasteiger partial charge in [-0.05, 0) is 91.1 Å². The Morgan fingerprint density at radius 2 is 1.33 bits per heavy atom. The number of aliphatic carboxylic acids is 1. The molecule has 0 radical (unpaired) electrons. The van der Waals surface area contributed by atoms with Crippen LogP contribution in [0.15, 0.2) is 146 Å². The normalized spacial score (nSPS) is 20.6. The van der Waals surface area contributed by atoms with Crippen molar-refractivity contribution in [3.63, 3.8) is 0 Å². The summed E-state index contributed by atoms with van der Waals surface area (Å²) in [6.45, 7) is 9.65. The van der Waals surface area contributed by atoms with Crippen molar-refractivity contribution in [3.8, 4) is 0 Å². The second kappa shape index (κ2) is 23.0. The number of carbonyl (C=O) groups is 3. The summed E-state index contributed by atoms with van der Waals surface area (Å²) >= 11 is 6.00. The molecule has 7 atom stereocenters. The highest BCUT2D eigenvalue weighted by molar-refractivity contribution is 6.30. The molecule has 61 heavy (non-hydrogen) atoms. The van der Waals surface area contributed by atoms with E-state index in [1.165, 1.54) is 16.8 Å². The minimum absolute atomic E-state index is 0.123. The van der Waals surface area contributed by atoms with Crippen LogP contribution < -0.4 is 21.7 Å². The number of halogens is 1. The summed E-state index contributed by atoms with van der Waals surface area (Å²) in [5, 5.41) is 13.3. The minimum Gasteiger partial charge on any atom is -0.481 e. The molecule has 2 fully saturated rings. The lowest BCUT2D eigenvalue weighted by molar-refractivity contribution is -0.139. The highest BCUT2D eigenvalue weighted by Crippen LogP contribution is 2.44. The maximum Gasteiger partial charge on any atom is 0.310 e. The molecule has 7 unspecified atom stereocenters. The summed E-state index contributed by atoms with van der Waals surface area (Å²) in [5.41, 5.74) is 16.5. The van der Waals surface area contributed by atoms with E-state index in [1.54, 1.807) is 0 Å². The van der Waals surface area contributed by atoms with Crippen molar-refractivity contribution < 1.29 is 19.5 Å². The number of hydrogen-bond donors (Lipinski definition) is 4. The SMILES string of the molecule is CC(C(N)=O)(c1ccccc1)C1CCNCC1c1ccccc1.CC(C(N)=O)C1CCN(c2ccc(Cl)cc2)CC1c1ccccc1.CCCCC(C(=O)O)c1ccccc1. The van der Waals surface area contributed by atoms with Crippen molar-refractivity contribution in [1.29, 1.82) is 0 Å². The summed E-state index contributed by atoms with van der Waals surface area (Å²) < 4.78 is 0. The van der Waals surface area contributed by atoms with Gasteiger partial charge in [0.1, 0.15) is 0 Å². The van der Waals surface area contributed by atoms with Gasteiger partial charge in [-0.1, -0.05) is 160 Å². The Hall–Kier alpha value is -5.44. The van der Waals surface area contributed by atoms with E-state index in [9.17, 15) is 14.4 Å². The molecule has 5 aromatic rings. The molecule has 2 amide bonds. The molecule has 0 saturated carbocycles. The highest BCUT2D eigenvalue weighted by Gasteiger charge is 2.46. The molecule has 8 nitrogen and oxygen atoms in total. The number of primary amides is 2. The largest absolute Gasteiger partial charge is 0.481 e. The van der Waals surface area contributed by atoms with Crippen LogP contribution >= 0.6 is 11.6 Å². The summed E-state index contributed by atoms with van der Waals surface area (Å²) in [6.07, 6.45) is 4.62. The Kier molecular flexibility index (Phi) is 17.6. The van der Waals surface area contributed by atoms with E-state index in [0.29, 0.717) is 0 Å². The first-order chi connectivity index (χ1) is 29.4. The number of nitrogens with two attached hydrogens (primary N) is 2. The van der Waals surface area contributed by atoms with Crippen molar-refractivity contribution in [1.82, 2.24) is 5.32 Å². The van der Waals surface area contributed by atoms with E-state index in [-0.39, 0.29) is 47.3 Å².